The van der Waals surface area contributed by atoms with Gasteiger partial charge < -0.3 is 20.3 Å². The fraction of sp³-hybridized carbons (Fsp3) is 0.632. The molecule has 0 aliphatic rings. The molecule has 160 valence electrons. The number of hydrogen-bond acceptors (Lipinski definition) is 4. The Balaban J connectivity index is 0.00000729. The molecule has 1 aromatic rings. The van der Waals surface area contributed by atoms with Crippen molar-refractivity contribution in [2.24, 2.45) is 4.99 Å². The average molecular weight is 526 g/mol. The van der Waals surface area contributed by atoms with E-state index in [4.69, 9.17) is 16.3 Å². The number of nitrogens with zero attached hydrogens (tertiary/aromatic N) is 3. The van der Waals surface area contributed by atoms with Gasteiger partial charge in [0.2, 0.25) is 0 Å². The average Bonchev–Trinajstić information content (AvgIpc) is 2.59. The van der Waals surface area contributed by atoms with Gasteiger partial charge in [-0.25, -0.2) is 9.78 Å². The third-order valence-corrected chi connectivity index (χ3v) is 3.76. The molecule has 2 N–H and O–H groups in total. The van der Waals surface area contributed by atoms with Gasteiger partial charge in [-0.15, -0.1) is 24.0 Å². The van der Waals surface area contributed by atoms with Gasteiger partial charge in [0.1, 0.15) is 10.8 Å². The third kappa shape index (κ3) is 11.5. The summed E-state index contributed by atoms with van der Waals surface area (Å²) in [5.41, 5.74) is 0.603. The lowest BCUT2D eigenvalue weighted by atomic mass is 10.2. The first kappa shape index (κ1) is 26.7. The van der Waals surface area contributed by atoms with E-state index in [0.717, 1.165) is 18.4 Å². The monoisotopic (exact) mass is 525 g/mol. The van der Waals surface area contributed by atoms with Crippen LogP contribution in [0.4, 0.5) is 4.79 Å². The molecule has 0 bridgehead atoms. The van der Waals surface area contributed by atoms with Crippen LogP contribution in [0.3, 0.4) is 0 Å². The van der Waals surface area contributed by atoms with Gasteiger partial charge in [0.15, 0.2) is 5.96 Å². The van der Waals surface area contributed by atoms with E-state index in [0.29, 0.717) is 37.3 Å². The highest BCUT2D eigenvalue weighted by molar-refractivity contribution is 14.0. The number of aromatic nitrogens is 1. The minimum atomic E-state index is -0.495. The normalized spacial score (nSPS) is 11.4. The summed E-state index contributed by atoms with van der Waals surface area (Å²) in [6, 6.07) is 3.74. The van der Waals surface area contributed by atoms with Crippen LogP contribution < -0.4 is 10.6 Å². The molecular formula is C19H33ClIN5O2. The van der Waals surface area contributed by atoms with Crippen molar-refractivity contribution in [1.82, 2.24) is 20.5 Å². The van der Waals surface area contributed by atoms with Gasteiger partial charge >= 0.3 is 6.09 Å². The van der Waals surface area contributed by atoms with Crippen molar-refractivity contribution >= 4 is 47.6 Å². The van der Waals surface area contributed by atoms with Gasteiger partial charge in [0.25, 0.3) is 0 Å². The van der Waals surface area contributed by atoms with Gasteiger partial charge in [-0.2, -0.15) is 0 Å². The Morgan fingerprint density at radius 1 is 1.25 bits per heavy atom. The lowest BCUT2D eigenvalue weighted by Gasteiger charge is -2.27. The smallest absolute Gasteiger partial charge is 0.410 e. The molecule has 0 unspecified atom stereocenters. The van der Waals surface area contributed by atoms with Crippen LogP contribution in [0.15, 0.2) is 23.3 Å². The molecule has 0 radical (unpaired) electrons. The van der Waals surface area contributed by atoms with Crippen LogP contribution in [0.2, 0.25) is 5.15 Å². The second-order valence-electron chi connectivity index (χ2n) is 7.13. The number of amides is 1. The Morgan fingerprint density at radius 2 is 1.93 bits per heavy atom. The Hall–Kier alpha value is -1.29. The lowest BCUT2D eigenvalue weighted by molar-refractivity contribution is 0.0253. The second-order valence-corrected chi connectivity index (χ2v) is 7.52. The SMILES string of the molecule is CCCN(CCNC(=NC)NCCc1ccc(Cl)nc1)C(=O)OC(C)(C)C.I. The molecule has 1 rings (SSSR count). The maximum atomic E-state index is 12.3. The van der Waals surface area contributed by atoms with Crippen LogP contribution >= 0.6 is 35.6 Å². The van der Waals surface area contributed by atoms with Crippen molar-refractivity contribution in [2.75, 3.05) is 33.2 Å². The number of nitrogens with one attached hydrogen (secondary N) is 2. The van der Waals surface area contributed by atoms with E-state index in [1.807, 2.05) is 33.8 Å². The molecule has 1 heterocycles. The van der Waals surface area contributed by atoms with Crippen molar-refractivity contribution in [1.29, 1.82) is 0 Å². The molecule has 0 aliphatic carbocycles. The Morgan fingerprint density at radius 3 is 2.46 bits per heavy atom. The van der Waals surface area contributed by atoms with E-state index >= 15 is 0 Å². The van der Waals surface area contributed by atoms with Crippen LogP contribution in [0.5, 0.6) is 0 Å². The van der Waals surface area contributed by atoms with Crippen LogP contribution in [0, 0.1) is 0 Å². The summed E-state index contributed by atoms with van der Waals surface area (Å²) in [4.78, 5) is 22.2. The van der Waals surface area contributed by atoms with Crippen molar-refractivity contribution in [3.8, 4) is 0 Å². The van der Waals surface area contributed by atoms with Gasteiger partial charge in [-0.1, -0.05) is 24.6 Å². The first-order valence-corrected chi connectivity index (χ1v) is 9.66. The Bertz CT molecular complexity index is 605. The predicted octanol–water partition coefficient (Wildman–Crippen LogP) is 3.71. The maximum Gasteiger partial charge on any atom is 0.410 e. The quantitative estimate of drug-likeness (QED) is 0.234. The summed E-state index contributed by atoms with van der Waals surface area (Å²) in [5.74, 6) is 0.692. The summed E-state index contributed by atoms with van der Waals surface area (Å²) in [6.07, 6.45) is 3.17. The molecule has 0 saturated heterocycles. The number of halogens is 2. The molecular weight excluding hydrogens is 493 g/mol. The number of ether oxygens (including phenoxy) is 1. The Labute approximate surface area is 190 Å². The fourth-order valence-electron chi connectivity index (χ4n) is 2.30. The highest BCUT2D eigenvalue weighted by Gasteiger charge is 2.21. The molecule has 28 heavy (non-hydrogen) atoms. The zero-order valence-electron chi connectivity index (χ0n) is 17.4. The number of aliphatic imine (C=N–C) groups is 1. The standard InChI is InChI=1S/C19H32ClN5O2.HI/c1-6-12-25(18(26)27-19(2,3)4)13-11-23-17(21-5)22-10-9-15-7-8-16(20)24-14-15;/h7-8,14H,6,9-13H2,1-5H3,(H2,21,22,23);1H. The highest BCUT2D eigenvalue weighted by Crippen LogP contribution is 2.10. The van der Waals surface area contributed by atoms with E-state index in [1.54, 1.807) is 24.2 Å². The molecule has 0 atom stereocenters. The molecule has 0 spiro atoms. The largest absolute Gasteiger partial charge is 0.444 e. The van der Waals surface area contributed by atoms with Crippen LogP contribution in [-0.2, 0) is 11.2 Å². The Kier molecular flexibility index (Phi) is 13.2. The van der Waals surface area contributed by atoms with Crippen molar-refractivity contribution in [3.63, 3.8) is 0 Å². The first-order valence-electron chi connectivity index (χ1n) is 9.28. The zero-order chi connectivity index (χ0) is 20.3. The van der Waals surface area contributed by atoms with Crippen LogP contribution in [-0.4, -0.2) is 60.8 Å². The number of carbonyl (C=O) groups is 1. The number of hydrogen-bond donors (Lipinski definition) is 2. The topological polar surface area (TPSA) is 78.9 Å². The molecule has 9 heteroatoms. The minimum Gasteiger partial charge on any atom is -0.444 e. The maximum absolute atomic E-state index is 12.3. The molecule has 1 aromatic heterocycles. The van der Waals surface area contributed by atoms with E-state index in [2.05, 4.69) is 20.6 Å². The first-order chi connectivity index (χ1) is 12.7. The predicted molar refractivity (Wildman–Crippen MR) is 126 cm³/mol. The summed E-state index contributed by atoms with van der Waals surface area (Å²) >= 11 is 5.79. The van der Waals surface area contributed by atoms with Crippen molar-refractivity contribution in [2.45, 2.75) is 46.1 Å². The molecule has 1 amide bonds. The van der Waals surface area contributed by atoms with E-state index < -0.39 is 5.60 Å². The van der Waals surface area contributed by atoms with Crippen molar-refractivity contribution in [3.05, 3.63) is 29.0 Å². The molecule has 0 aromatic carbocycles. The summed E-state index contributed by atoms with van der Waals surface area (Å²) in [7, 11) is 1.72. The second kappa shape index (κ2) is 13.8. The van der Waals surface area contributed by atoms with Gasteiger partial charge in [0, 0.05) is 39.4 Å². The molecule has 0 fully saturated rings. The van der Waals surface area contributed by atoms with Crippen LogP contribution in [0.25, 0.3) is 0 Å². The third-order valence-electron chi connectivity index (χ3n) is 3.54. The number of carbonyl (C=O) groups excluding carboxylic acids is 1. The number of guanidine groups is 1. The fourth-order valence-corrected chi connectivity index (χ4v) is 2.41. The summed E-state index contributed by atoms with van der Waals surface area (Å²) in [6.45, 7) is 10.2. The molecule has 0 saturated carbocycles. The number of rotatable bonds is 8. The van der Waals surface area contributed by atoms with Gasteiger partial charge in [-0.05, 0) is 45.2 Å². The minimum absolute atomic E-state index is 0. The molecule has 0 aliphatic heterocycles. The van der Waals surface area contributed by atoms with E-state index in [9.17, 15) is 4.79 Å². The molecule has 7 nitrogen and oxygen atoms in total. The highest BCUT2D eigenvalue weighted by atomic mass is 127. The zero-order valence-corrected chi connectivity index (χ0v) is 20.5. The lowest BCUT2D eigenvalue weighted by Crippen LogP contribution is -2.45. The van der Waals surface area contributed by atoms with Crippen molar-refractivity contribution < 1.29 is 9.53 Å². The van der Waals surface area contributed by atoms with Crippen LogP contribution in [0.1, 0.15) is 39.7 Å². The van der Waals surface area contributed by atoms with Gasteiger partial charge in [-0.3, -0.25) is 4.99 Å². The van der Waals surface area contributed by atoms with E-state index in [1.165, 1.54) is 0 Å². The number of pyridine rings is 1. The van der Waals surface area contributed by atoms with Gasteiger partial charge in [0.05, 0.1) is 0 Å². The van der Waals surface area contributed by atoms with E-state index in [-0.39, 0.29) is 30.1 Å². The summed E-state index contributed by atoms with van der Waals surface area (Å²) < 4.78 is 5.46. The summed E-state index contributed by atoms with van der Waals surface area (Å²) in [5, 5.41) is 6.96.